The molecule has 0 saturated heterocycles. The number of nitrogens with two attached hydrogens (primary N) is 1. The number of hydroxylamine groups is 1. The van der Waals surface area contributed by atoms with Crippen LogP contribution < -0.4 is 11.2 Å². The van der Waals surface area contributed by atoms with Gasteiger partial charge in [0.05, 0.1) is 11.6 Å². The summed E-state index contributed by atoms with van der Waals surface area (Å²) in [5.41, 5.74) is 4.06. The van der Waals surface area contributed by atoms with Gasteiger partial charge in [-0.25, -0.2) is 4.84 Å². The summed E-state index contributed by atoms with van der Waals surface area (Å²) < 4.78 is 24.8. The van der Waals surface area contributed by atoms with E-state index in [0.717, 1.165) is 0 Å². The molecule has 0 heterocycles. The molecule has 1 aromatic rings. The Balaban J connectivity index is 1.88. The fraction of sp³-hybridized carbons (Fsp3) is 0.435. The number of nitrogens with one attached hydrogen (secondary N) is 1. The maximum atomic E-state index is 13.7. The first-order valence-corrected chi connectivity index (χ1v) is 11.0. The smallest absolute Gasteiger partial charge is 0.360 e. The van der Waals surface area contributed by atoms with E-state index in [1.807, 2.05) is 0 Å². The molecule has 4 rings (SSSR count). The van der Waals surface area contributed by atoms with E-state index >= 15 is 0 Å². The van der Waals surface area contributed by atoms with E-state index in [9.17, 15) is 43.6 Å². The minimum absolute atomic E-state index is 0.0363. The number of aromatic hydroxyl groups is 1. The van der Waals surface area contributed by atoms with Gasteiger partial charge in [0, 0.05) is 18.0 Å². The van der Waals surface area contributed by atoms with Crippen molar-refractivity contribution in [3.63, 3.8) is 0 Å². The number of benzene rings is 1. The predicted molar refractivity (Wildman–Crippen MR) is 118 cm³/mol. The Bertz CT molecular complexity index is 1230. The van der Waals surface area contributed by atoms with E-state index < -0.39 is 70.4 Å². The number of nitrogens with zero attached hydrogens (tertiary/aromatic N) is 1. The molecule has 7 N–H and O–H groups in total. The number of aliphatic hydroxyl groups is 3. The summed E-state index contributed by atoms with van der Waals surface area (Å²) in [5, 5.41) is 43.8. The van der Waals surface area contributed by atoms with Crippen LogP contribution in [0.25, 0.3) is 5.76 Å². The topological polar surface area (TPSA) is 183 Å². The SMILES string of the molecule is CN(C)[C@@H]1C(=O)C(C(N)=O)=C(O)[C@@]2(O)C(=O)C3=C(O)c4c(O)ccc(CNOC(F)F)c4CC3CC12. The average Bonchev–Trinajstić information content (AvgIpc) is 2.77. The molecule has 0 aromatic heterocycles. The number of carbonyl (C=O) groups is 3. The van der Waals surface area contributed by atoms with Crippen LogP contribution in [0.2, 0.25) is 0 Å². The van der Waals surface area contributed by atoms with E-state index in [1.165, 1.54) is 31.1 Å². The number of rotatable bonds is 6. The quantitative estimate of drug-likeness (QED) is 0.229. The average molecular weight is 509 g/mol. The summed E-state index contributed by atoms with van der Waals surface area (Å²) in [6.45, 7) is -3.29. The zero-order valence-electron chi connectivity index (χ0n) is 19.3. The fourth-order valence-corrected chi connectivity index (χ4v) is 5.66. The number of fused-ring (bicyclic) bond motifs is 3. The molecule has 11 nitrogen and oxygen atoms in total. The molecule has 0 spiro atoms. The second-order valence-electron chi connectivity index (χ2n) is 9.26. The molecule has 1 saturated carbocycles. The number of primary amides is 1. The molecular formula is C23H25F2N3O8. The third-order valence-electron chi connectivity index (χ3n) is 7.14. The van der Waals surface area contributed by atoms with Crippen LogP contribution in [0, 0.1) is 11.8 Å². The summed E-state index contributed by atoms with van der Waals surface area (Å²) in [6.07, 6.45) is -0.0452. The summed E-state index contributed by atoms with van der Waals surface area (Å²) >= 11 is 0. The number of phenols is 1. The number of phenolic OH excluding ortho intramolecular Hbond substituents is 1. The molecule has 36 heavy (non-hydrogen) atoms. The highest BCUT2D eigenvalue weighted by Crippen LogP contribution is 2.52. The van der Waals surface area contributed by atoms with Crippen LogP contribution in [0.5, 0.6) is 5.75 Å². The first kappa shape index (κ1) is 25.7. The molecule has 1 amide bonds. The Hall–Kier alpha value is -3.39. The summed E-state index contributed by atoms with van der Waals surface area (Å²) in [7, 11) is 3.00. The summed E-state index contributed by atoms with van der Waals surface area (Å²) in [5.74, 6) is -7.54. The Morgan fingerprint density at radius 1 is 1.28 bits per heavy atom. The third kappa shape index (κ3) is 3.66. The number of carbonyl (C=O) groups excluding carboxylic acids is 3. The van der Waals surface area contributed by atoms with E-state index in [2.05, 4.69) is 10.3 Å². The van der Waals surface area contributed by atoms with Crippen molar-refractivity contribution in [3.8, 4) is 5.75 Å². The second-order valence-corrected chi connectivity index (χ2v) is 9.26. The van der Waals surface area contributed by atoms with Crippen molar-refractivity contribution in [2.45, 2.75) is 37.6 Å². The minimum atomic E-state index is -3.08. The van der Waals surface area contributed by atoms with Gasteiger partial charge in [-0.15, -0.1) is 0 Å². The van der Waals surface area contributed by atoms with Crippen molar-refractivity contribution in [1.82, 2.24) is 10.4 Å². The van der Waals surface area contributed by atoms with Gasteiger partial charge in [-0.3, -0.25) is 19.3 Å². The lowest BCUT2D eigenvalue weighted by Crippen LogP contribution is -2.65. The van der Waals surface area contributed by atoms with Crippen molar-refractivity contribution in [2.24, 2.45) is 17.6 Å². The third-order valence-corrected chi connectivity index (χ3v) is 7.14. The lowest BCUT2D eigenvalue weighted by Gasteiger charge is -2.50. The standard InChI is InChI=1S/C23H25F2N3O8/c1-28(2)16-11-6-9-5-10-8(7-27-36-22(24)25)3-4-12(29)14(10)17(30)13(9)19(32)23(11,35)20(33)15(18(16)31)21(26)34/h3-4,9,11,16,22,27,29-30,33,35H,5-7H2,1-2H3,(H2,26,34)/t9?,11?,16-,23-/m0/s1. The molecule has 1 fully saturated rings. The zero-order chi connectivity index (χ0) is 26.7. The number of likely N-dealkylation sites (N-methyl/N-ethyl adjacent to an activating group) is 1. The van der Waals surface area contributed by atoms with Gasteiger partial charge in [0.25, 0.3) is 5.91 Å². The molecule has 3 aliphatic rings. The van der Waals surface area contributed by atoms with Crippen LogP contribution in [0.1, 0.15) is 23.1 Å². The number of alkyl halides is 2. The van der Waals surface area contributed by atoms with E-state index in [-0.39, 0.29) is 30.5 Å². The maximum Gasteiger partial charge on any atom is 0.360 e. The molecular weight excluding hydrogens is 484 g/mol. The normalized spacial score (nSPS) is 27.9. The summed E-state index contributed by atoms with van der Waals surface area (Å²) in [6, 6.07) is 1.44. The largest absolute Gasteiger partial charge is 0.508 e. The van der Waals surface area contributed by atoms with Gasteiger partial charge in [0.1, 0.15) is 22.8 Å². The van der Waals surface area contributed by atoms with Crippen molar-refractivity contribution in [2.75, 3.05) is 14.1 Å². The van der Waals surface area contributed by atoms with Gasteiger partial charge in [-0.05, 0) is 50.0 Å². The minimum Gasteiger partial charge on any atom is -0.508 e. The predicted octanol–water partition coefficient (Wildman–Crippen LogP) is 0.208. The molecule has 4 atom stereocenters. The fourth-order valence-electron chi connectivity index (χ4n) is 5.66. The van der Waals surface area contributed by atoms with Crippen LogP contribution >= 0.6 is 0 Å². The lowest BCUT2D eigenvalue weighted by atomic mass is 9.57. The highest BCUT2D eigenvalue weighted by Gasteiger charge is 2.64. The number of amides is 1. The molecule has 3 aliphatic carbocycles. The highest BCUT2D eigenvalue weighted by atomic mass is 19.3. The molecule has 0 bridgehead atoms. The van der Waals surface area contributed by atoms with Gasteiger partial charge in [0.15, 0.2) is 11.4 Å². The molecule has 13 heteroatoms. The lowest BCUT2D eigenvalue weighted by molar-refractivity contribution is -0.175. The number of Topliss-reactive ketones (excluding diaryl/α,β-unsaturated/α-hetero) is 2. The van der Waals surface area contributed by atoms with Crippen molar-refractivity contribution < 1.29 is 48.4 Å². The van der Waals surface area contributed by atoms with E-state index in [0.29, 0.717) is 11.1 Å². The Morgan fingerprint density at radius 3 is 2.53 bits per heavy atom. The molecule has 1 aromatic carbocycles. The second kappa shape index (κ2) is 8.92. The monoisotopic (exact) mass is 509 g/mol. The Labute approximate surface area is 203 Å². The van der Waals surface area contributed by atoms with Crippen LogP contribution in [0.3, 0.4) is 0 Å². The molecule has 2 unspecified atom stereocenters. The van der Waals surface area contributed by atoms with Gasteiger partial charge in [0.2, 0.25) is 5.78 Å². The van der Waals surface area contributed by atoms with Crippen LogP contribution in [-0.2, 0) is 32.2 Å². The van der Waals surface area contributed by atoms with Crippen molar-refractivity contribution >= 4 is 23.2 Å². The molecule has 0 radical (unpaired) electrons. The van der Waals surface area contributed by atoms with Gasteiger partial charge < -0.3 is 26.2 Å². The first-order valence-electron chi connectivity index (χ1n) is 11.0. The highest BCUT2D eigenvalue weighted by molar-refractivity contribution is 6.24. The van der Waals surface area contributed by atoms with Crippen LogP contribution in [0.4, 0.5) is 8.78 Å². The van der Waals surface area contributed by atoms with E-state index in [4.69, 9.17) is 5.73 Å². The number of aliphatic hydroxyl groups excluding tert-OH is 2. The van der Waals surface area contributed by atoms with E-state index in [1.54, 1.807) is 0 Å². The van der Waals surface area contributed by atoms with Crippen LogP contribution in [-0.4, -0.2) is 75.1 Å². The Morgan fingerprint density at radius 2 is 1.94 bits per heavy atom. The van der Waals surface area contributed by atoms with Crippen LogP contribution in [0.15, 0.2) is 29.0 Å². The maximum absolute atomic E-state index is 13.7. The number of hydrogen-bond donors (Lipinski definition) is 6. The van der Waals surface area contributed by atoms with Gasteiger partial charge >= 0.3 is 6.61 Å². The van der Waals surface area contributed by atoms with Crippen molar-refractivity contribution in [3.05, 3.63) is 45.7 Å². The number of hydrogen-bond acceptors (Lipinski definition) is 10. The zero-order valence-corrected chi connectivity index (χ0v) is 19.3. The summed E-state index contributed by atoms with van der Waals surface area (Å²) in [4.78, 5) is 44.2. The van der Waals surface area contributed by atoms with Gasteiger partial charge in [-0.2, -0.15) is 14.3 Å². The molecule has 0 aliphatic heterocycles. The Kier molecular flexibility index (Phi) is 6.37. The number of ketones is 2. The van der Waals surface area contributed by atoms with Crippen molar-refractivity contribution in [1.29, 1.82) is 0 Å². The number of halogens is 2. The first-order chi connectivity index (χ1) is 16.8. The van der Waals surface area contributed by atoms with Gasteiger partial charge in [-0.1, -0.05) is 6.07 Å². The molecule has 194 valence electrons.